The van der Waals surface area contributed by atoms with Crippen molar-refractivity contribution in [3.8, 4) is 6.07 Å². The molecule has 2 saturated carbocycles. The third kappa shape index (κ3) is 9.26. The first-order valence-corrected chi connectivity index (χ1v) is 13.8. The molecule has 31 heavy (non-hydrogen) atoms. The van der Waals surface area contributed by atoms with E-state index in [9.17, 15) is 0 Å². The molecule has 2 rings (SSSR count). The second kappa shape index (κ2) is 14.1. The maximum atomic E-state index is 8.80. The van der Waals surface area contributed by atoms with E-state index in [0.29, 0.717) is 43.7 Å². The van der Waals surface area contributed by atoms with Gasteiger partial charge in [-0.15, -0.1) is 0 Å². The van der Waals surface area contributed by atoms with Gasteiger partial charge in [0.15, 0.2) is 0 Å². The van der Waals surface area contributed by atoms with E-state index in [2.05, 4.69) is 45.4 Å². The van der Waals surface area contributed by atoms with Crippen LogP contribution in [0.4, 0.5) is 0 Å². The van der Waals surface area contributed by atoms with Gasteiger partial charge in [0.25, 0.3) is 8.53 Å². The molecule has 180 valence electrons. The fourth-order valence-corrected chi connectivity index (χ4v) is 6.99. The molecule has 6 heteroatoms. The molecule has 0 N–H and O–H groups in total. The van der Waals surface area contributed by atoms with Gasteiger partial charge in [-0.05, 0) is 77.0 Å². The molecular weight excluding hydrogens is 407 g/mol. The summed E-state index contributed by atoms with van der Waals surface area (Å²) in [6.07, 6.45) is 13.0. The minimum atomic E-state index is -1.16. The highest BCUT2D eigenvalue weighted by Gasteiger charge is 2.38. The van der Waals surface area contributed by atoms with E-state index in [1.807, 2.05) is 0 Å². The molecule has 0 heterocycles. The van der Waals surface area contributed by atoms with Gasteiger partial charge in [-0.2, -0.15) is 5.26 Å². The summed E-state index contributed by atoms with van der Waals surface area (Å²) in [6, 6.07) is 2.80. The third-order valence-electron chi connectivity index (χ3n) is 7.09. The number of nitriles is 1. The average molecular weight is 455 g/mol. The fourth-order valence-electron chi connectivity index (χ4n) is 5.42. The molecule has 0 amide bonds. The first-order chi connectivity index (χ1) is 14.9. The number of nitrogens with zero attached hydrogens (tertiary/aromatic N) is 2. The zero-order valence-corrected chi connectivity index (χ0v) is 21.7. The Balaban J connectivity index is 1.62. The Morgan fingerprint density at radius 1 is 0.968 bits per heavy atom. The highest BCUT2D eigenvalue weighted by atomic mass is 31.2. The maximum Gasteiger partial charge on any atom is 0.259 e. The molecule has 0 bridgehead atoms. The minimum absolute atomic E-state index is 0.329. The molecule has 0 spiro atoms. The topological polar surface area (TPSA) is 54.7 Å². The molecular formula is C25H47N2O3P. The zero-order chi connectivity index (χ0) is 22.7. The van der Waals surface area contributed by atoms with Gasteiger partial charge in [0.05, 0.1) is 32.3 Å². The smallest absolute Gasteiger partial charge is 0.259 e. The van der Waals surface area contributed by atoms with Crippen LogP contribution in [-0.4, -0.2) is 43.2 Å². The van der Waals surface area contributed by atoms with Crippen molar-refractivity contribution >= 4 is 8.53 Å². The summed E-state index contributed by atoms with van der Waals surface area (Å²) in [4.78, 5) is 0. The van der Waals surface area contributed by atoms with Gasteiger partial charge >= 0.3 is 0 Å². The largest absolute Gasteiger partial charge is 0.379 e. The van der Waals surface area contributed by atoms with E-state index in [0.717, 1.165) is 24.9 Å². The molecule has 2 unspecified atom stereocenters. The van der Waals surface area contributed by atoms with Gasteiger partial charge in [-0.1, -0.05) is 32.6 Å². The Labute approximate surface area is 193 Å². The Morgan fingerprint density at radius 2 is 1.65 bits per heavy atom. The first kappa shape index (κ1) is 27.0. The molecule has 0 aromatic rings. The average Bonchev–Trinajstić information content (AvgIpc) is 3.12. The van der Waals surface area contributed by atoms with Crippen molar-refractivity contribution in [1.82, 2.24) is 4.67 Å². The molecule has 0 aromatic heterocycles. The molecule has 2 fully saturated rings. The van der Waals surface area contributed by atoms with Crippen LogP contribution in [0.3, 0.4) is 0 Å². The van der Waals surface area contributed by atoms with Gasteiger partial charge < -0.3 is 13.8 Å². The van der Waals surface area contributed by atoms with Crippen LogP contribution in [0.5, 0.6) is 0 Å². The molecule has 0 saturated heterocycles. The fraction of sp³-hybridized carbons (Fsp3) is 0.960. The van der Waals surface area contributed by atoms with Gasteiger partial charge in [0.2, 0.25) is 0 Å². The number of hydrogen-bond acceptors (Lipinski definition) is 5. The summed E-state index contributed by atoms with van der Waals surface area (Å²) in [5.74, 6) is 1.88. The van der Waals surface area contributed by atoms with Crippen molar-refractivity contribution in [1.29, 1.82) is 5.26 Å². The normalized spacial score (nSPS) is 24.0. The van der Waals surface area contributed by atoms with Crippen LogP contribution in [0.15, 0.2) is 0 Å². The van der Waals surface area contributed by atoms with Crippen molar-refractivity contribution in [3.63, 3.8) is 0 Å². The van der Waals surface area contributed by atoms with E-state index in [1.54, 1.807) is 0 Å². The Morgan fingerprint density at radius 3 is 2.26 bits per heavy atom. The number of hydrogen-bond donors (Lipinski definition) is 0. The summed E-state index contributed by atoms with van der Waals surface area (Å²) < 4.78 is 20.2. The van der Waals surface area contributed by atoms with Crippen molar-refractivity contribution in [3.05, 3.63) is 0 Å². The van der Waals surface area contributed by atoms with Crippen LogP contribution >= 0.6 is 8.53 Å². The van der Waals surface area contributed by atoms with Gasteiger partial charge in [0.1, 0.15) is 0 Å². The summed E-state index contributed by atoms with van der Waals surface area (Å²) in [7, 11) is -1.16. The lowest BCUT2D eigenvalue weighted by molar-refractivity contribution is 0.0777. The Bertz CT molecular complexity index is 525. The van der Waals surface area contributed by atoms with Crippen molar-refractivity contribution in [2.45, 2.75) is 111 Å². The second-order valence-electron chi connectivity index (χ2n) is 10.5. The quantitative estimate of drug-likeness (QED) is 0.184. The number of rotatable bonds is 16. The molecule has 0 radical (unpaired) electrons. The van der Waals surface area contributed by atoms with Gasteiger partial charge in [-0.25, -0.2) is 4.67 Å². The van der Waals surface area contributed by atoms with Gasteiger partial charge in [-0.3, -0.25) is 0 Å². The van der Waals surface area contributed by atoms with Crippen LogP contribution in [0.2, 0.25) is 0 Å². The Kier molecular flexibility index (Phi) is 12.3. The van der Waals surface area contributed by atoms with Crippen molar-refractivity contribution in [2.24, 2.45) is 17.3 Å². The highest BCUT2D eigenvalue weighted by Crippen LogP contribution is 2.50. The second-order valence-corrected chi connectivity index (χ2v) is 11.9. The molecule has 0 aromatic carbocycles. The molecule has 2 aliphatic rings. The molecule has 5 nitrogen and oxygen atoms in total. The summed E-state index contributed by atoms with van der Waals surface area (Å²) >= 11 is 0. The van der Waals surface area contributed by atoms with Gasteiger partial charge in [0, 0.05) is 18.7 Å². The zero-order valence-electron chi connectivity index (χ0n) is 20.8. The van der Waals surface area contributed by atoms with E-state index >= 15 is 0 Å². The van der Waals surface area contributed by atoms with Crippen LogP contribution in [0.25, 0.3) is 0 Å². The summed E-state index contributed by atoms with van der Waals surface area (Å²) in [5.41, 5.74) is 0.661. The number of ether oxygens (including phenoxy) is 1. The lowest BCUT2D eigenvalue weighted by Crippen LogP contribution is -2.34. The SMILES string of the molecule is CC(C)N(C(C)C)P(OCCC#N)OCCOCCC[C@@H]1CCCC1CC1(C)CCC1. The summed E-state index contributed by atoms with van der Waals surface area (Å²) in [6.45, 7) is 13.5. The minimum Gasteiger partial charge on any atom is -0.379 e. The Hall–Kier alpha value is -0.240. The van der Waals surface area contributed by atoms with Crippen LogP contribution in [0.1, 0.15) is 98.8 Å². The molecule has 3 atom stereocenters. The predicted octanol–water partition coefficient (Wildman–Crippen LogP) is 7.07. The van der Waals surface area contributed by atoms with E-state index in [1.165, 1.54) is 51.4 Å². The van der Waals surface area contributed by atoms with E-state index in [-0.39, 0.29) is 0 Å². The third-order valence-corrected chi connectivity index (χ3v) is 9.20. The lowest BCUT2D eigenvalue weighted by Gasteiger charge is -2.41. The molecule has 2 aliphatic carbocycles. The van der Waals surface area contributed by atoms with Crippen molar-refractivity contribution in [2.75, 3.05) is 26.4 Å². The maximum absolute atomic E-state index is 8.80. The standard InChI is InChI=1S/C25H47N2O3P/c1-21(2)27(22(3)4)31(29-17-9-15-26)30-19-18-28-16-7-12-23-10-6-11-24(23)20-25(5)13-8-14-25/h21-24H,6-14,16-20H2,1-5H3/t23-,24?,31?/m0/s1. The predicted molar refractivity (Wildman–Crippen MR) is 129 cm³/mol. The lowest BCUT2D eigenvalue weighted by atomic mass is 9.64. The summed E-state index contributed by atoms with van der Waals surface area (Å²) in [5, 5.41) is 8.80. The first-order valence-electron chi connectivity index (χ1n) is 12.6. The van der Waals surface area contributed by atoms with Crippen LogP contribution in [0, 0.1) is 28.6 Å². The molecule has 0 aliphatic heterocycles. The van der Waals surface area contributed by atoms with Crippen LogP contribution < -0.4 is 0 Å². The van der Waals surface area contributed by atoms with Crippen LogP contribution in [-0.2, 0) is 13.8 Å². The van der Waals surface area contributed by atoms with E-state index < -0.39 is 8.53 Å². The van der Waals surface area contributed by atoms with E-state index in [4.69, 9.17) is 19.0 Å². The highest BCUT2D eigenvalue weighted by molar-refractivity contribution is 7.44. The monoisotopic (exact) mass is 454 g/mol. The van der Waals surface area contributed by atoms with Crippen molar-refractivity contribution < 1.29 is 13.8 Å².